The summed E-state index contributed by atoms with van der Waals surface area (Å²) < 4.78 is 2.74. The number of amides is 1. The van der Waals surface area contributed by atoms with Gasteiger partial charge in [0.25, 0.3) is 5.91 Å². The van der Waals surface area contributed by atoms with Crippen LogP contribution in [-0.4, -0.2) is 34.7 Å². The molecule has 0 unspecified atom stereocenters. The van der Waals surface area contributed by atoms with Crippen molar-refractivity contribution in [3.8, 4) is 0 Å². The molecule has 0 heterocycles. The van der Waals surface area contributed by atoms with Crippen LogP contribution in [0.15, 0.2) is 42.5 Å². The molecule has 2 aromatic rings. The van der Waals surface area contributed by atoms with Crippen molar-refractivity contribution in [2.45, 2.75) is 0 Å². The summed E-state index contributed by atoms with van der Waals surface area (Å²) in [4.78, 5) is 36.4. The van der Waals surface area contributed by atoms with E-state index >= 15 is 0 Å². The number of carbonyl (C=O) groups excluding carboxylic acids is 1. The van der Waals surface area contributed by atoms with Crippen LogP contribution in [0.3, 0.4) is 0 Å². The molecule has 1 amide bonds. The number of rotatable bonds is 5. The van der Waals surface area contributed by atoms with E-state index in [1.54, 1.807) is 36.4 Å². The van der Waals surface area contributed by atoms with E-state index in [0.29, 0.717) is 11.1 Å². The molecule has 3 N–H and O–H groups in total. The van der Waals surface area contributed by atoms with Gasteiger partial charge in [0.1, 0.15) is 0 Å². The van der Waals surface area contributed by atoms with Crippen molar-refractivity contribution in [1.29, 1.82) is 0 Å². The molecule has 0 fully saturated rings. The number of hydroxylamine groups is 1. The molecule has 0 atom stereocenters. The highest BCUT2D eigenvalue weighted by Crippen LogP contribution is 2.22. The molecule has 0 aromatic heterocycles. The lowest BCUT2D eigenvalue weighted by molar-refractivity contribution is -0.144. The Labute approximate surface area is 189 Å². The van der Waals surface area contributed by atoms with E-state index in [-0.39, 0.29) is 0 Å². The predicted octanol–water partition coefficient (Wildman–Crippen LogP) is 3.63. The van der Waals surface area contributed by atoms with Gasteiger partial charge in [-0.25, -0.2) is 15.1 Å². The molecule has 0 radical (unpaired) electrons. The quantitative estimate of drug-likeness (QED) is 0.251. The summed E-state index contributed by atoms with van der Waals surface area (Å²) in [5, 5.41) is 17.0. The van der Waals surface area contributed by atoms with Gasteiger partial charge in [0, 0.05) is 16.3 Å². The van der Waals surface area contributed by atoms with Crippen molar-refractivity contribution in [2.75, 3.05) is 6.61 Å². The number of aromatic carboxylic acids is 1. The highest BCUT2D eigenvalue weighted by molar-refractivity contribution is 14.1. The average molecular weight is 695 g/mol. The van der Waals surface area contributed by atoms with Crippen LogP contribution in [0.25, 0.3) is 0 Å². The van der Waals surface area contributed by atoms with E-state index < -0.39 is 24.5 Å². The van der Waals surface area contributed by atoms with E-state index in [4.69, 9.17) is 10.2 Å². The van der Waals surface area contributed by atoms with Crippen LogP contribution in [-0.2, 0) is 9.63 Å². The Morgan fingerprint density at radius 1 is 1.00 bits per heavy atom. The first-order valence-corrected chi connectivity index (χ1v) is 10.0. The van der Waals surface area contributed by atoms with E-state index in [2.05, 4.69) is 50.0 Å². The number of benzene rings is 2. The molecule has 2 aromatic carbocycles. The molecule has 10 heteroatoms. The van der Waals surface area contributed by atoms with Gasteiger partial charge in [-0.05, 0) is 92.0 Å². The number of hydrogen-bond donors (Lipinski definition) is 3. The smallest absolute Gasteiger partial charge is 0.336 e. The second kappa shape index (κ2) is 11.7. The summed E-state index contributed by atoms with van der Waals surface area (Å²) in [6.45, 7) is -0.557. The first-order chi connectivity index (χ1) is 12.2. The Bertz CT molecular complexity index is 798. The molecule has 138 valence electrons. The van der Waals surface area contributed by atoms with Gasteiger partial charge in [0.05, 0.1) is 5.56 Å². The number of hydrogen-bond acceptors (Lipinski definition) is 4. The molecule has 26 heavy (non-hydrogen) atoms. The van der Waals surface area contributed by atoms with Crippen molar-refractivity contribution < 1.29 is 29.4 Å². The monoisotopic (exact) mass is 695 g/mol. The maximum atomic E-state index is 11.2. The first-order valence-electron chi connectivity index (χ1n) is 6.79. The molecule has 2 rings (SSSR count). The topological polar surface area (TPSA) is 113 Å². The lowest BCUT2D eigenvalue weighted by atomic mass is 10.2. The zero-order valence-electron chi connectivity index (χ0n) is 12.9. The zero-order valence-corrected chi connectivity index (χ0v) is 19.4. The maximum absolute atomic E-state index is 11.2. The van der Waals surface area contributed by atoms with Crippen LogP contribution >= 0.6 is 67.8 Å². The molecule has 0 bridgehead atoms. The third-order valence-corrected chi connectivity index (χ3v) is 6.29. The van der Waals surface area contributed by atoms with Crippen LogP contribution in [0.2, 0.25) is 0 Å². The van der Waals surface area contributed by atoms with Crippen molar-refractivity contribution in [3.63, 3.8) is 0 Å². The molecule has 0 aliphatic heterocycles. The summed E-state index contributed by atoms with van der Waals surface area (Å²) in [5.41, 5.74) is 2.81. The number of carboxylic acids is 2. The predicted molar refractivity (Wildman–Crippen MR) is 119 cm³/mol. The van der Waals surface area contributed by atoms with Crippen LogP contribution in [0.5, 0.6) is 0 Å². The van der Waals surface area contributed by atoms with Gasteiger partial charge in [-0.3, -0.25) is 9.63 Å². The molecule has 0 aliphatic rings. The Kier molecular flexibility index (Phi) is 10.3. The second-order valence-electron chi connectivity index (χ2n) is 4.53. The minimum Gasteiger partial charge on any atom is -0.479 e. The van der Waals surface area contributed by atoms with E-state index in [9.17, 15) is 14.4 Å². The highest BCUT2D eigenvalue weighted by atomic mass is 127. The van der Waals surface area contributed by atoms with Crippen molar-refractivity contribution >= 4 is 85.6 Å². The minimum absolute atomic E-state index is 0.381. The molecule has 0 spiro atoms. The molecule has 0 saturated heterocycles. The molecular weight excluding hydrogens is 683 g/mol. The largest absolute Gasteiger partial charge is 0.479 e. The summed E-state index contributed by atoms with van der Waals surface area (Å²) >= 11 is 6.29. The second-order valence-corrected chi connectivity index (χ2v) is 8.02. The summed E-state index contributed by atoms with van der Waals surface area (Å²) in [7, 11) is 0. The molecule has 0 saturated carbocycles. The van der Waals surface area contributed by atoms with Gasteiger partial charge in [0.2, 0.25) is 0 Å². The van der Waals surface area contributed by atoms with E-state index in [0.717, 1.165) is 10.7 Å². The fourth-order valence-electron chi connectivity index (χ4n) is 1.52. The summed E-state index contributed by atoms with van der Waals surface area (Å²) in [6, 6.07) is 12.0. The van der Waals surface area contributed by atoms with Crippen LogP contribution in [0.4, 0.5) is 0 Å². The lowest BCUT2D eigenvalue weighted by Gasteiger charge is -2.02. The number of aliphatic carboxylic acids is 1. The van der Waals surface area contributed by atoms with Gasteiger partial charge in [-0.1, -0.05) is 18.2 Å². The van der Waals surface area contributed by atoms with Crippen molar-refractivity contribution in [3.05, 3.63) is 64.3 Å². The van der Waals surface area contributed by atoms with Crippen molar-refractivity contribution in [2.24, 2.45) is 0 Å². The number of carbonyl (C=O) groups is 3. The summed E-state index contributed by atoms with van der Waals surface area (Å²) in [6.07, 6.45) is 0. The highest BCUT2D eigenvalue weighted by Gasteiger charge is 2.11. The molecule has 0 aliphatic carbocycles. The van der Waals surface area contributed by atoms with Gasteiger partial charge in [-0.15, -0.1) is 0 Å². The average Bonchev–Trinajstić information content (AvgIpc) is 2.58. The van der Waals surface area contributed by atoms with Gasteiger partial charge < -0.3 is 10.2 Å². The number of halogens is 3. The third-order valence-electron chi connectivity index (χ3n) is 2.62. The van der Waals surface area contributed by atoms with E-state index in [1.165, 1.54) is 0 Å². The summed E-state index contributed by atoms with van der Waals surface area (Å²) in [5.74, 6) is -2.47. The Morgan fingerprint density at radius 3 is 2.15 bits per heavy atom. The third kappa shape index (κ3) is 8.13. The zero-order chi connectivity index (χ0) is 19.7. The fourth-order valence-corrected chi connectivity index (χ4v) is 3.91. The molecule has 7 nitrogen and oxygen atoms in total. The number of carboxylic acid groups (broad SMARTS) is 2. The fraction of sp³-hybridized carbons (Fsp3) is 0.0625. The number of nitrogens with one attached hydrogen (secondary N) is 1. The Hall–Kier alpha value is -1.000. The molecular formula is C16H12I3NO6. The first kappa shape index (κ1) is 23.0. The SMILES string of the molecule is O=C(O)CONC(=O)c1ccccc1.O=C(O)c1cc(I)cc(I)c1I. The minimum atomic E-state index is -1.14. The maximum Gasteiger partial charge on any atom is 0.336 e. The van der Waals surface area contributed by atoms with Gasteiger partial charge >= 0.3 is 11.9 Å². The normalized spacial score (nSPS) is 9.65. The Balaban J connectivity index is 0.000000263. The van der Waals surface area contributed by atoms with Gasteiger partial charge in [-0.2, -0.15) is 0 Å². The van der Waals surface area contributed by atoms with Gasteiger partial charge in [0.15, 0.2) is 6.61 Å². The van der Waals surface area contributed by atoms with E-state index in [1.807, 2.05) is 34.1 Å². The standard InChI is InChI=1S/C9H9NO4.C7H3I3O2/c11-8(12)6-14-10-9(13)7-4-2-1-3-5-7;8-3-1-4(7(11)12)6(10)5(9)2-3/h1-5H,6H2,(H,10,13)(H,11,12);1-2H,(H,11,12). The van der Waals surface area contributed by atoms with Crippen molar-refractivity contribution in [1.82, 2.24) is 5.48 Å². The lowest BCUT2D eigenvalue weighted by Crippen LogP contribution is -2.26. The Morgan fingerprint density at radius 2 is 1.62 bits per heavy atom. The van der Waals surface area contributed by atoms with Crippen LogP contribution in [0.1, 0.15) is 20.7 Å². The van der Waals surface area contributed by atoms with Crippen LogP contribution in [0, 0.1) is 10.7 Å². The van der Waals surface area contributed by atoms with Crippen LogP contribution < -0.4 is 5.48 Å².